The van der Waals surface area contributed by atoms with Gasteiger partial charge in [-0.25, -0.2) is 4.98 Å². The fourth-order valence-corrected chi connectivity index (χ4v) is 6.58. The Bertz CT molecular complexity index is 1150. The quantitative estimate of drug-likeness (QED) is 0.505. The van der Waals surface area contributed by atoms with Gasteiger partial charge in [0.25, 0.3) is 5.56 Å². The van der Waals surface area contributed by atoms with E-state index in [0.29, 0.717) is 11.1 Å². The predicted molar refractivity (Wildman–Crippen MR) is 119 cm³/mol. The van der Waals surface area contributed by atoms with Crippen LogP contribution in [-0.4, -0.2) is 28.2 Å². The molecule has 1 aliphatic carbocycles. The first-order valence-corrected chi connectivity index (χ1v) is 12.0. The van der Waals surface area contributed by atoms with Gasteiger partial charge >= 0.3 is 0 Å². The van der Waals surface area contributed by atoms with Crippen LogP contribution in [0.3, 0.4) is 0 Å². The molecule has 3 aromatic rings. The van der Waals surface area contributed by atoms with Crippen LogP contribution in [-0.2, 0) is 24.1 Å². The summed E-state index contributed by atoms with van der Waals surface area (Å²) in [6, 6.07) is 8.10. The molecule has 5 nitrogen and oxygen atoms in total. The third-order valence-corrected chi connectivity index (χ3v) is 7.89. The Morgan fingerprint density at radius 1 is 1.34 bits per heavy atom. The number of fused-ring (bicyclic) bond motifs is 4. The summed E-state index contributed by atoms with van der Waals surface area (Å²) >= 11 is 2.97. The van der Waals surface area contributed by atoms with Crippen LogP contribution in [0.5, 0.6) is 0 Å². The van der Waals surface area contributed by atoms with Crippen molar-refractivity contribution < 1.29 is 4.79 Å². The molecule has 7 heteroatoms. The normalized spacial score (nSPS) is 18.5. The number of anilines is 1. The van der Waals surface area contributed by atoms with Crippen molar-refractivity contribution >= 4 is 44.9 Å². The largest absolute Gasteiger partial charge is 0.311 e. The van der Waals surface area contributed by atoms with Gasteiger partial charge in [0.2, 0.25) is 5.91 Å². The van der Waals surface area contributed by atoms with Gasteiger partial charge in [-0.1, -0.05) is 36.9 Å². The zero-order chi connectivity index (χ0) is 20.0. The summed E-state index contributed by atoms with van der Waals surface area (Å²) < 4.78 is 0. The fraction of sp³-hybridized carbons (Fsp3) is 0.409. The van der Waals surface area contributed by atoms with E-state index in [2.05, 4.69) is 23.0 Å². The number of thiophene rings is 1. The molecular weight excluding hydrogens is 402 g/mol. The number of amides is 1. The monoisotopic (exact) mass is 425 g/mol. The lowest BCUT2D eigenvalue weighted by atomic mass is 9.89. The van der Waals surface area contributed by atoms with Crippen LogP contribution in [0.25, 0.3) is 10.2 Å². The SMILES string of the molecule is CC1CCc2c(sc3nc(SCC(=O)N4CCCc5ccccc54)[nH]c(=O)c23)C1. The van der Waals surface area contributed by atoms with E-state index >= 15 is 0 Å². The Balaban J connectivity index is 1.36. The zero-order valence-corrected chi connectivity index (χ0v) is 18.0. The second-order valence-corrected chi connectivity index (χ2v) is 10.0. The molecule has 1 atom stereocenters. The summed E-state index contributed by atoms with van der Waals surface area (Å²) in [5.41, 5.74) is 3.36. The number of benzene rings is 1. The van der Waals surface area contributed by atoms with Gasteiger partial charge in [0.1, 0.15) is 4.83 Å². The van der Waals surface area contributed by atoms with Crippen molar-refractivity contribution in [3.8, 4) is 0 Å². The number of rotatable bonds is 3. The van der Waals surface area contributed by atoms with Crippen molar-refractivity contribution in [2.24, 2.45) is 5.92 Å². The number of carbonyl (C=O) groups excluding carboxylic acids is 1. The first-order chi connectivity index (χ1) is 14.1. The van der Waals surface area contributed by atoms with Crippen molar-refractivity contribution in [3.05, 3.63) is 50.6 Å². The van der Waals surface area contributed by atoms with Gasteiger partial charge in [0, 0.05) is 17.1 Å². The number of hydrogen-bond acceptors (Lipinski definition) is 5. The van der Waals surface area contributed by atoms with E-state index in [1.165, 1.54) is 27.8 Å². The topological polar surface area (TPSA) is 66.1 Å². The summed E-state index contributed by atoms with van der Waals surface area (Å²) in [5.74, 6) is 0.989. The van der Waals surface area contributed by atoms with Crippen molar-refractivity contribution in [1.82, 2.24) is 9.97 Å². The minimum absolute atomic E-state index is 0.0594. The first-order valence-electron chi connectivity index (χ1n) is 10.2. The van der Waals surface area contributed by atoms with E-state index in [-0.39, 0.29) is 17.2 Å². The molecule has 5 rings (SSSR count). The molecule has 29 heavy (non-hydrogen) atoms. The minimum atomic E-state index is -0.0691. The maximum absolute atomic E-state index is 12.9. The third-order valence-electron chi connectivity index (χ3n) is 5.89. The zero-order valence-electron chi connectivity index (χ0n) is 16.4. The molecule has 1 N–H and O–H groups in total. The number of aromatic nitrogens is 2. The molecule has 0 saturated carbocycles. The number of thioether (sulfide) groups is 1. The van der Waals surface area contributed by atoms with E-state index in [1.807, 2.05) is 23.1 Å². The molecule has 0 bridgehead atoms. The molecule has 1 aliphatic heterocycles. The summed E-state index contributed by atoms with van der Waals surface area (Å²) in [6.07, 6.45) is 5.11. The molecule has 150 valence electrons. The molecule has 3 heterocycles. The maximum Gasteiger partial charge on any atom is 0.260 e. The summed E-state index contributed by atoms with van der Waals surface area (Å²) in [5, 5.41) is 1.30. The molecule has 1 aromatic carbocycles. The van der Waals surface area contributed by atoms with Crippen molar-refractivity contribution in [3.63, 3.8) is 0 Å². The molecule has 2 aliphatic rings. The second-order valence-electron chi connectivity index (χ2n) is 7.97. The standard InChI is InChI=1S/C22H23N3O2S2/c1-13-8-9-15-17(11-13)29-21-19(15)20(27)23-22(24-21)28-12-18(26)25-10-4-6-14-5-2-3-7-16(14)25/h2-3,5,7,13H,4,6,8-12H2,1H3,(H,23,24,27). The Kier molecular flexibility index (Phi) is 4.95. The van der Waals surface area contributed by atoms with Gasteiger partial charge in [-0.15, -0.1) is 11.3 Å². The number of H-pyrrole nitrogens is 1. The van der Waals surface area contributed by atoms with Crippen LogP contribution >= 0.6 is 23.1 Å². The van der Waals surface area contributed by atoms with Crippen molar-refractivity contribution in [1.29, 1.82) is 0 Å². The maximum atomic E-state index is 12.9. The van der Waals surface area contributed by atoms with Gasteiger partial charge in [0.15, 0.2) is 5.16 Å². The van der Waals surface area contributed by atoms with Gasteiger partial charge in [-0.3, -0.25) is 9.59 Å². The summed E-state index contributed by atoms with van der Waals surface area (Å²) in [6.45, 7) is 3.01. The lowest BCUT2D eigenvalue weighted by Crippen LogP contribution is -2.36. The number of nitrogens with zero attached hydrogens (tertiary/aromatic N) is 2. The average molecular weight is 426 g/mol. The highest BCUT2D eigenvalue weighted by atomic mass is 32.2. The third kappa shape index (κ3) is 3.51. The van der Waals surface area contributed by atoms with Crippen molar-refractivity contribution in [2.45, 2.75) is 44.2 Å². The number of para-hydroxylation sites is 1. The fourth-order valence-electron chi connectivity index (χ4n) is 4.40. The van der Waals surface area contributed by atoms with E-state index < -0.39 is 0 Å². The smallest absolute Gasteiger partial charge is 0.260 e. The number of nitrogens with one attached hydrogen (secondary N) is 1. The van der Waals surface area contributed by atoms with Crippen LogP contribution in [0.2, 0.25) is 0 Å². The molecule has 1 amide bonds. The predicted octanol–water partition coefficient (Wildman–Crippen LogP) is 4.18. The average Bonchev–Trinajstić information content (AvgIpc) is 3.09. The highest BCUT2D eigenvalue weighted by Gasteiger charge is 2.24. The number of carbonyl (C=O) groups is 1. The Hall–Kier alpha value is -2.12. The van der Waals surface area contributed by atoms with E-state index in [4.69, 9.17) is 0 Å². The molecular formula is C22H23N3O2S2. The van der Waals surface area contributed by atoms with Crippen LogP contribution in [0.15, 0.2) is 34.2 Å². The number of aryl methyl sites for hydroxylation is 2. The molecule has 1 unspecified atom stereocenters. The number of aromatic amines is 1. The Morgan fingerprint density at radius 2 is 2.21 bits per heavy atom. The van der Waals surface area contributed by atoms with Crippen LogP contribution in [0.4, 0.5) is 5.69 Å². The van der Waals surface area contributed by atoms with E-state index in [0.717, 1.165) is 54.6 Å². The highest BCUT2D eigenvalue weighted by molar-refractivity contribution is 7.99. The van der Waals surface area contributed by atoms with Gasteiger partial charge < -0.3 is 9.88 Å². The summed E-state index contributed by atoms with van der Waals surface area (Å²) in [7, 11) is 0. The highest BCUT2D eigenvalue weighted by Crippen LogP contribution is 2.36. The first kappa shape index (κ1) is 18.9. The lowest BCUT2D eigenvalue weighted by molar-refractivity contribution is -0.116. The van der Waals surface area contributed by atoms with E-state index in [1.54, 1.807) is 11.3 Å². The van der Waals surface area contributed by atoms with Crippen molar-refractivity contribution in [2.75, 3.05) is 17.2 Å². The van der Waals surface area contributed by atoms with Gasteiger partial charge in [0.05, 0.1) is 11.1 Å². The van der Waals surface area contributed by atoms with Gasteiger partial charge in [-0.2, -0.15) is 0 Å². The van der Waals surface area contributed by atoms with E-state index in [9.17, 15) is 9.59 Å². The Labute approximate surface area is 177 Å². The molecule has 0 fully saturated rings. The Morgan fingerprint density at radius 3 is 3.10 bits per heavy atom. The molecule has 0 spiro atoms. The van der Waals surface area contributed by atoms with Crippen LogP contribution in [0, 0.1) is 5.92 Å². The lowest BCUT2D eigenvalue weighted by Gasteiger charge is -2.29. The summed E-state index contributed by atoms with van der Waals surface area (Å²) in [4.78, 5) is 37.2. The molecule has 0 saturated heterocycles. The molecule has 2 aromatic heterocycles. The minimum Gasteiger partial charge on any atom is -0.311 e. The van der Waals surface area contributed by atoms with Gasteiger partial charge in [-0.05, 0) is 55.2 Å². The molecule has 0 radical (unpaired) electrons. The second kappa shape index (κ2) is 7.61. The van der Waals surface area contributed by atoms with Crippen LogP contribution < -0.4 is 10.5 Å². The number of hydrogen-bond donors (Lipinski definition) is 1. The van der Waals surface area contributed by atoms with Crippen LogP contribution in [0.1, 0.15) is 35.8 Å².